The number of allylic oxidation sites excluding steroid dienone is 1. The third-order valence-electron chi connectivity index (χ3n) is 15.2. The van der Waals surface area contributed by atoms with Crippen LogP contribution in [0, 0.1) is 56.7 Å². The molecule has 5 saturated carbocycles. The zero-order valence-electron chi connectivity index (χ0n) is 30.0. The molecule has 2 spiro atoms. The fourth-order valence-corrected chi connectivity index (χ4v) is 12.2. The van der Waals surface area contributed by atoms with E-state index in [-0.39, 0.29) is 23.0 Å². The maximum Gasteiger partial charge on any atom is 0.328 e. The Kier molecular flexibility index (Phi) is 9.38. The number of aliphatic hydroxyl groups is 1. The molecule has 0 aliphatic heterocycles. The number of methoxy groups -OCH3 is 1. The maximum absolute atomic E-state index is 11.1. The highest BCUT2D eigenvalue weighted by molar-refractivity contribution is 5.85. The van der Waals surface area contributed by atoms with Gasteiger partial charge in [0.2, 0.25) is 0 Å². The van der Waals surface area contributed by atoms with Crippen LogP contribution in [0.3, 0.4) is 0 Å². The monoisotopic (exact) mass is 633 g/mol. The number of benzene rings is 1. The van der Waals surface area contributed by atoms with Crippen molar-refractivity contribution in [1.82, 2.24) is 0 Å². The van der Waals surface area contributed by atoms with Gasteiger partial charge >= 0.3 is 5.97 Å². The number of aliphatic carboxylic acids is 1. The number of carboxylic acids is 1. The Morgan fingerprint density at radius 1 is 1.00 bits per heavy atom. The third kappa shape index (κ3) is 5.45. The molecule has 0 saturated heterocycles. The summed E-state index contributed by atoms with van der Waals surface area (Å²) >= 11 is 0. The predicted octanol–water partition coefficient (Wildman–Crippen LogP) is 9.28. The molecule has 1 aromatic carbocycles. The summed E-state index contributed by atoms with van der Waals surface area (Å²) in [4.78, 5) is 10.2. The number of ether oxygens (including phenoxy) is 1. The van der Waals surface area contributed by atoms with Gasteiger partial charge in [0.15, 0.2) is 0 Å². The average Bonchev–Trinajstić information content (AvgIpc) is 3.59. The molecule has 0 bridgehead atoms. The summed E-state index contributed by atoms with van der Waals surface area (Å²) in [5, 5.41) is 30.3. The van der Waals surface area contributed by atoms with Gasteiger partial charge in [0, 0.05) is 6.08 Å². The number of aliphatic hydroxyl groups excluding tert-OH is 1. The van der Waals surface area contributed by atoms with E-state index in [1.165, 1.54) is 101 Å². The summed E-state index contributed by atoms with van der Waals surface area (Å²) in [6, 6.07) is 4.35. The molecule has 0 unspecified atom stereocenters. The lowest BCUT2D eigenvalue weighted by Gasteiger charge is -2.63. The highest BCUT2D eigenvalue weighted by atomic mass is 16.5. The molecule has 6 rings (SSSR count). The van der Waals surface area contributed by atoms with E-state index in [0.29, 0.717) is 33.1 Å². The zero-order valence-corrected chi connectivity index (χ0v) is 30.0. The van der Waals surface area contributed by atoms with Crippen molar-refractivity contribution in [2.24, 2.45) is 56.7 Å². The molecule has 5 fully saturated rings. The molecule has 0 aromatic heterocycles. The molecule has 5 aliphatic carbocycles. The first-order valence-electron chi connectivity index (χ1n) is 18.1. The van der Waals surface area contributed by atoms with Crippen LogP contribution in [0.4, 0.5) is 0 Å². The highest BCUT2D eigenvalue weighted by Crippen LogP contribution is 2.89. The second-order valence-electron chi connectivity index (χ2n) is 17.4. The molecular weight excluding hydrogens is 572 g/mol. The summed E-state index contributed by atoms with van der Waals surface area (Å²) in [5.74, 6) is 2.97. The van der Waals surface area contributed by atoms with Crippen molar-refractivity contribution < 1.29 is 24.9 Å². The van der Waals surface area contributed by atoms with Gasteiger partial charge < -0.3 is 20.1 Å². The third-order valence-corrected chi connectivity index (χ3v) is 15.2. The fourth-order valence-electron chi connectivity index (χ4n) is 12.2. The molecule has 0 heterocycles. The van der Waals surface area contributed by atoms with Crippen molar-refractivity contribution in [3.63, 3.8) is 0 Å². The van der Waals surface area contributed by atoms with Crippen molar-refractivity contribution in [2.45, 2.75) is 125 Å². The average molecular weight is 634 g/mol. The van der Waals surface area contributed by atoms with E-state index in [9.17, 15) is 15.0 Å². The highest BCUT2D eigenvalue weighted by Gasteiger charge is 2.82. The molecule has 46 heavy (non-hydrogen) atoms. The van der Waals surface area contributed by atoms with E-state index >= 15 is 0 Å². The molecule has 256 valence electrons. The first-order chi connectivity index (χ1) is 21.5. The second-order valence-corrected chi connectivity index (χ2v) is 17.4. The number of fused-ring (bicyclic) bond motifs is 2. The number of carboxylic acid groups (broad SMARTS) is 1. The van der Waals surface area contributed by atoms with Crippen LogP contribution in [0.25, 0.3) is 6.08 Å². The smallest absolute Gasteiger partial charge is 0.328 e. The van der Waals surface area contributed by atoms with Gasteiger partial charge in [0.05, 0.1) is 13.2 Å². The van der Waals surface area contributed by atoms with Gasteiger partial charge in [0.25, 0.3) is 0 Å². The van der Waals surface area contributed by atoms with E-state index in [1.54, 1.807) is 0 Å². The van der Waals surface area contributed by atoms with Crippen LogP contribution < -0.4 is 9.84 Å². The normalized spacial score (nSPS) is 39.3. The first kappa shape index (κ1) is 35.0. The lowest BCUT2D eigenvalue weighted by molar-refractivity contribution is -0.270. The van der Waals surface area contributed by atoms with Crippen molar-refractivity contribution in [3.05, 3.63) is 42.0 Å². The lowest BCUT2D eigenvalue weighted by Crippen LogP contribution is -2.57. The van der Waals surface area contributed by atoms with Crippen LogP contribution in [0.1, 0.15) is 125 Å². The topological polar surface area (TPSA) is 89.8 Å². The summed E-state index contributed by atoms with van der Waals surface area (Å²) in [5.41, 5.74) is 4.40. The summed E-state index contributed by atoms with van der Waals surface area (Å²) in [6.07, 6.45) is 17.4. The molecule has 5 nitrogen and oxygen atoms in total. The Hall–Kier alpha value is -2.27. The zero-order chi connectivity index (χ0) is 33.9. The van der Waals surface area contributed by atoms with Crippen molar-refractivity contribution in [3.8, 4) is 11.5 Å². The maximum atomic E-state index is 11.1. The quantitative estimate of drug-likeness (QED) is 0.220. The fraction of sp³-hybridized carbons (Fsp3) is 0.732. The van der Waals surface area contributed by atoms with E-state index in [4.69, 9.17) is 9.84 Å². The molecule has 5 aliphatic rings. The first-order valence-corrected chi connectivity index (χ1v) is 18.1. The molecule has 5 heteroatoms. The minimum Gasteiger partial charge on any atom is -0.870 e. The van der Waals surface area contributed by atoms with Crippen LogP contribution in [0.5, 0.6) is 11.5 Å². The van der Waals surface area contributed by atoms with Gasteiger partial charge in [-0.25, -0.2) is 4.79 Å². The summed E-state index contributed by atoms with van der Waals surface area (Å²) < 4.78 is 4.80. The largest absolute Gasteiger partial charge is 0.870 e. The van der Waals surface area contributed by atoms with Crippen molar-refractivity contribution >= 4 is 12.0 Å². The molecular formula is C41H61O5-. The Labute approximate surface area is 278 Å². The van der Waals surface area contributed by atoms with Crippen LogP contribution >= 0.6 is 0 Å². The standard InChI is InChI=1S/C31H52O.C10H10O4/c1-20(2)21(3)9-10-22(4)23-13-15-29(8)25-12-11-24-27(5,6)26(32)14-16-30(24)19-31(25,30)18-17-28(23,29)7;1-14-9-6-7(2-4-8(9)11)3-5-10(12)13/h20,22-26,32H,3,9-19H2,1-2,4-8H3;2-6,11H,1H3,(H,12,13)/p-1/t22-,23-,24+,25+,26+,28-,29+,30-,31+;/m1./s1. The Bertz CT molecular complexity index is 1340. The van der Waals surface area contributed by atoms with Gasteiger partial charge in [-0.05, 0) is 145 Å². The number of carbonyl (C=O) groups is 1. The molecule has 0 amide bonds. The minimum absolute atomic E-state index is 0.0888. The minimum atomic E-state index is -1.03. The number of hydrogen-bond donors (Lipinski definition) is 2. The van der Waals surface area contributed by atoms with E-state index < -0.39 is 5.97 Å². The van der Waals surface area contributed by atoms with Gasteiger partial charge in [-0.2, -0.15) is 0 Å². The van der Waals surface area contributed by atoms with E-state index in [1.807, 2.05) is 0 Å². The van der Waals surface area contributed by atoms with Crippen molar-refractivity contribution in [1.29, 1.82) is 0 Å². The van der Waals surface area contributed by atoms with Gasteiger partial charge in [-0.1, -0.05) is 78.5 Å². The van der Waals surface area contributed by atoms with Gasteiger partial charge in [0.1, 0.15) is 5.75 Å². The Balaban J connectivity index is 0.000000251. The second kappa shape index (κ2) is 12.3. The SMILES string of the molecule is C=C(CC[C@@H](C)[C@H]1CC[C@@]2(C)[C@@H]3CC[C@H]4C(C)(C)[C@@H](O)CC[C@@]45C[C@@]35CC[C@]12C)C(C)C.COc1cc(C=CC(=O)O)ccc1[O-]. The molecule has 9 atom stereocenters. The Morgan fingerprint density at radius 3 is 2.33 bits per heavy atom. The molecule has 1 aromatic rings. The number of rotatable bonds is 8. The van der Waals surface area contributed by atoms with Crippen LogP contribution in [0.15, 0.2) is 36.4 Å². The molecule has 2 N–H and O–H groups in total. The number of hydrogen-bond acceptors (Lipinski definition) is 4. The predicted molar refractivity (Wildman–Crippen MR) is 184 cm³/mol. The van der Waals surface area contributed by atoms with Crippen LogP contribution in [-0.4, -0.2) is 29.4 Å². The van der Waals surface area contributed by atoms with Crippen molar-refractivity contribution in [2.75, 3.05) is 7.11 Å². The lowest BCUT2D eigenvalue weighted by atomic mass is 9.41. The van der Waals surface area contributed by atoms with Gasteiger partial charge in [-0.15, -0.1) is 0 Å². The van der Waals surface area contributed by atoms with Gasteiger partial charge in [-0.3, -0.25) is 0 Å². The summed E-state index contributed by atoms with van der Waals surface area (Å²) in [6.45, 7) is 21.8. The molecule has 0 radical (unpaired) electrons. The van der Waals surface area contributed by atoms with E-state index in [2.05, 4.69) is 55.0 Å². The van der Waals surface area contributed by atoms with Crippen LogP contribution in [-0.2, 0) is 4.79 Å². The van der Waals surface area contributed by atoms with Crippen LogP contribution in [0.2, 0.25) is 0 Å². The van der Waals surface area contributed by atoms with E-state index in [0.717, 1.165) is 36.2 Å². The Morgan fingerprint density at radius 2 is 1.67 bits per heavy atom. The summed E-state index contributed by atoms with van der Waals surface area (Å²) in [7, 11) is 1.39.